The van der Waals surface area contributed by atoms with Gasteiger partial charge in [-0.1, -0.05) is 19.1 Å². The Balaban J connectivity index is 0.000000346. The maximum absolute atomic E-state index is 12.0. The number of nitrogens with one attached hydrogen (secondary N) is 3. The number of hydrogen-bond acceptors (Lipinski definition) is 3. The summed E-state index contributed by atoms with van der Waals surface area (Å²) in [5, 5.41) is 12.4. The number of carbonyl (C=O) groups is 1. The molecule has 0 atom stereocenters. The maximum atomic E-state index is 12.0. The zero-order valence-corrected chi connectivity index (χ0v) is 15.2. The smallest absolute Gasteiger partial charge is 0.272 e. The van der Waals surface area contributed by atoms with E-state index in [4.69, 9.17) is 0 Å². The van der Waals surface area contributed by atoms with E-state index in [1.807, 2.05) is 24.4 Å². The lowest BCUT2D eigenvalue weighted by Crippen LogP contribution is -2.19. The van der Waals surface area contributed by atoms with E-state index in [9.17, 15) is 14.7 Å². The molecule has 140 valence electrons. The van der Waals surface area contributed by atoms with Crippen molar-refractivity contribution in [2.24, 2.45) is 0 Å². The minimum absolute atomic E-state index is 0.0843. The Morgan fingerprint density at radius 1 is 0.893 bits per heavy atom. The number of aromatic nitrogens is 3. The Kier molecular flexibility index (Phi) is 4.45. The summed E-state index contributed by atoms with van der Waals surface area (Å²) in [4.78, 5) is 30.4. The molecule has 5 aromatic rings. The molecule has 0 amide bonds. The van der Waals surface area contributed by atoms with Gasteiger partial charge < -0.3 is 24.9 Å². The predicted molar refractivity (Wildman–Crippen MR) is 109 cm³/mol. The number of benzene rings is 2. The number of pyridine rings is 1. The Hall–Kier alpha value is -3.80. The number of aromatic amines is 3. The molecule has 0 unspecified atom stereocenters. The number of fused-ring (bicyclic) bond motifs is 4. The van der Waals surface area contributed by atoms with Gasteiger partial charge in [0.15, 0.2) is 0 Å². The minimum Gasteiger partial charge on any atom is -0.550 e. The van der Waals surface area contributed by atoms with Crippen molar-refractivity contribution in [3.05, 3.63) is 71.3 Å². The van der Waals surface area contributed by atoms with Crippen LogP contribution in [0, 0.1) is 0 Å². The molecular formula is C22H18N3O3-. The van der Waals surface area contributed by atoms with Gasteiger partial charge in [-0.3, -0.25) is 4.79 Å². The fraction of sp³-hybridized carbons (Fsp3) is 0.0909. The topological polar surface area (TPSA) is 105 Å². The first-order chi connectivity index (χ1) is 13.6. The fourth-order valence-corrected chi connectivity index (χ4v) is 3.26. The van der Waals surface area contributed by atoms with Crippen LogP contribution >= 0.6 is 0 Å². The summed E-state index contributed by atoms with van der Waals surface area (Å²) in [5.41, 5.74) is 4.82. The number of carboxylic acids is 1. The van der Waals surface area contributed by atoms with Crippen LogP contribution < -0.4 is 10.7 Å². The molecule has 6 nitrogen and oxygen atoms in total. The van der Waals surface area contributed by atoms with Gasteiger partial charge in [0, 0.05) is 40.2 Å². The molecule has 0 aliphatic carbocycles. The van der Waals surface area contributed by atoms with Crippen molar-refractivity contribution in [3.63, 3.8) is 0 Å². The molecule has 2 aromatic carbocycles. The van der Waals surface area contributed by atoms with Crippen LogP contribution in [0.25, 0.3) is 43.8 Å². The van der Waals surface area contributed by atoms with Crippen LogP contribution in [-0.2, 0) is 4.79 Å². The highest BCUT2D eigenvalue weighted by Crippen LogP contribution is 2.29. The number of carbonyl (C=O) groups excluding carboxylic acids is 1. The van der Waals surface area contributed by atoms with E-state index in [2.05, 4.69) is 45.3 Å². The Bertz CT molecular complexity index is 1360. The molecule has 6 heteroatoms. The van der Waals surface area contributed by atoms with Gasteiger partial charge in [0.25, 0.3) is 5.56 Å². The van der Waals surface area contributed by atoms with E-state index in [0.29, 0.717) is 5.52 Å². The lowest BCUT2D eigenvalue weighted by Gasteiger charge is -2.06. The van der Waals surface area contributed by atoms with Crippen LogP contribution in [0.1, 0.15) is 13.3 Å². The van der Waals surface area contributed by atoms with Gasteiger partial charge in [-0.15, -0.1) is 0 Å². The number of hydrogen-bond donors (Lipinski definition) is 3. The Labute approximate surface area is 159 Å². The lowest BCUT2D eigenvalue weighted by molar-refractivity contribution is -0.305. The molecule has 0 aliphatic heterocycles. The van der Waals surface area contributed by atoms with Gasteiger partial charge in [-0.05, 0) is 59.3 Å². The largest absolute Gasteiger partial charge is 0.550 e. The summed E-state index contributed by atoms with van der Waals surface area (Å²) in [6.07, 6.45) is 3.86. The molecule has 0 radical (unpaired) electrons. The highest BCUT2D eigenvalue weighted by Gasteiger charge is 2.08. The van der Waals surface area contributed by atoms with Crippen molar-refractivity contribution < 1.29 is 9.90 Å². The average molecular weight is 372 g/mol. The molecule has 3 N–H and O–H groups in total. The maximum Gasteiger partial charge on any atom is 0.272 e. The van der Waals surface area contributed by atoms with Crippen molar-refractivity contribution in [2.75, 3.05) is 0 Å². The third-order valence-electron chi connectivity index (χ3n) is 4.71. The first kappa shape index (κ1) is 17.6. The molecule has 28 heavy (non-hydrogen) atoms. The Morgan fingerprint density at radius 3 is 2.32 bits per heavy atom. The molecule has 0 spiro atoms. The Morgan fingerprint density at radius 2 is 1.57 bits per heavy atom. The van der Waals surface area contributed by atoms with E-state index < -0.39 is 5.97 Å². The third-order valence-corrected chi connectivity index (χ3v) is 4.71. The molecule has 0 saturated carbocycles. The summed E-state index contributed by atoms with van der Waals surface area (Å²) < 4.78 is 0. The molecule has 0 bridgehead atoms. The van der Waals surface area contributed by atoms with Crippen LogP contribution in [0.15, 0.2) is 65.7 Å². The van der Waals surface area contributed by atoms with Crippen molar-refractivity contribution in [3.8, 4) is 11.1 Å². The summed E-state index contributed by atoms with van der Waals surface area (Å²) in [5.74, 6) is -0.995. The molecule has 0 saturated heterocycles. The van der Waals surface area contributed by atoms with Gasteiger partial charge in [-0.25, -0.2) is 0 Å². The SMILES string of the molecule is CCC(=O)[O-].O=c1[nH]c2ccc(-c3ccc4[nH]ccc4c3)cc2c2cc[nH]c12. The molecular weight excluding hydrogens is 354 g/mol. The summed E-state index contributed by atoms with van der Waals surface area (Å²) in [6, 6.07) is 16.5. The van der Waals surface area contributed by atoms with Crippen LogP contribution in [0.5, 0.6) is 0 Å². The van der Waals surface area contributed by atoms with E-state index >= 15 is 0 Å². The highest BCUT2D eigenvalue weighted by molar-refractivity contribution is 6.05. The predicted octanol–water partition coefficient (Wildman–Crippen LogP) is 3.30. The zero-order valence-electron chi connectivity index (χ0n) is 15.2. The van der Waals surface area contributed by atoms with Crippen molar-refractivity contribution in [1.29, 1.82) is 0 Å². The highest BCUT2D eigenvalue weighted by atomic mass is 16.4. The number of carboxylic acid groups (broad SMARTS) is 1. The van der Waals surface area contributed by atoms with Gasteiger partial charge >= 0.3 is 0 Å². The van der Waals surface area contributed by atoms with E-state index in [0.717, 1.165) is 32.9 Å². The van der Waals surface area contributed by atoms with E-state index in [-0.39, 0.29) is 12.0 Å². The van der Waals surface area contributed by atoms with Crippen LogP contribution in [-0.4, -0.2) is 20.9 Å². The van der Waals surface area contributed by atoms with Crippen molar-refractivity contribution in [1.82, 2.24) is 15.0 Å². The summed E-state index contributed by atoms with van der Waals surface area (Å²) in [6.45, 7) is 1.54. The quantitative estimate of drug-likeness (QED) is 0.443. The fourth-order valence-electron chi connectivity index (χ4n) is 3.26. The number of H-pyrrole nitrogens is 3. The monoisotopic (exact) mass is 372 g/mol. The molecule has 3 aromatic heterocycles. The first-order valence-corrected chi connectivity index (χ1v) is 8.97. The molecule has 0 fully saturated rings. The van der Waals surface area contributed by atoms with Gasteiger partial charge in [0.1, 0.15) is 5.52 Å². The normalized spacial score (nSPS) is 10.9. The van der Waals surface area contributed by atoms with Crippen LogP contribution in [0.3, 0.4) is 0 Å². The molecule has 0 aliphatic rings. The molecule has 3 heterocycles. The van der Waals surface area contributed by atoms with Gasteiger partial charge in [0.05, 0.1) is 0 Å². The summed E-state index contributed by atoms with van der Waals surface area (Å²) in [7, 11) is 0. The number of aliphatic carboxylic acids is 1. The van der Waals surface area contributed by atoms with E-state index in [1.165, 1.54) is 12.3 Å². The third kappa shape index (κ3) is 3.16. The van der Waals surface area contributed by atoms with Crippen LogP contribution in [0.2, 0.25) is 0 Å². The van der Waals surface area contributed by atoms with Crippen LogP contribution in [0.4, 0.5) is 0 Å². The first-order valence-electron chi connectivity index (χ1n) is 8.97. The van der Waals surface area contributed by atoms with Crippen molar-refractivity contribution in [2.45, 2.75) is 13.3 Å². The lowest BCUT2D eigenvalue weighted by atomic mass is 10.0. The standard InChI is InChI=1S/C19H13N3O.C3H6O2/c23-19-18-14(6-8-21-18)15-10-12(2-4-17(15)22-19)11-1-3-16-13(9-11)5-7-20-16;1-2-3(4)5/h1-10,20-21H,(H,22,23);2H2,1H3,(H,4,5)/p-1. The summed E-state index contributed by atoms with van der Waals surface area (Å²) >= 11 is 0. The van der Waals surface area contributed by atoms with Crippen molar-refractivity contribution >= 4 is 38.7 Å². The second kappa shape index (κ2) is 7.08. The number of rotatable bonds is 2. The zero-order chi connectivity index (χ0) is 19.7. The molecule has 5 rings (SSSR count). The second-order valence-electron chi connectivity index (χ2n) is 6.49. The average Bonchev–Trinajstić information content (AvgIpc) is 3.37. The van der Waals surface area contributed by atoms with Gasteiger partial charge in [-0.2, -0.15) is 0 Å². The second-order valence-corrected chi connectivity index (χ2v) is 6.49. The minimum atomic E-state index is -0.995. The van der Waals surface area contributed by atoms with E-state index in [1.54, 1.807) is 6.20 Å². The van der Waals surface area contributed by atoms with Gasteiger partial charge in [0.2, 0.25) is 0 Å².